The Bertz CT molecular complexity index is 248. The Labute approximate surface area is 85.7 Å². The SMILES string of the molecule is O=P#SSCSCSS#P=O. The molecule has 0 aliphatic carbocycles. The average molecular weight is 282 g/mol. The number of rotatable bonds is 4. The number of thioether (sulfide) groups is 1. The van der Waals surface area contributed by atoms with Crippen LogP contribution in [0.1, 0.15) is 0 Å². The van der Waals surface area contributed by atoms with Gasteiger partial charge < -0.3 is 0 Å². The molecule has 0 aromatic rings. The second kappa shape index (κ2) is 11.9. The zero-order valence-electron chi connectivity index (χ0n) is 5.17. The average Bonchev–Trinajstić information content (AvgIpc) is 2.03. The first-order valence-electron chi connectivity index (χ1n) is 2.22. The summed E-state index contributed by atoms with van der Waals surface area (Å²) in [6.45, 7) is 0. The Morgan fingerprint density at radius 1 is 0.909 bits per heavy atom. The van der Waals surface area contributed by atoms with Crippen molar-refractivity contribution in [3.8, 4) is 0 Å². The van der Waals surface area contributed by atoms with Gasteiger partial charge in [-0.15, -0.1) is 0 Å². The molecule has 0 saturated carbocycles. The molecule has 0 aromatic heterocycles. The van der Waals surface area contributed by atoms with Crippen molar-refractivity contribution < 1.29 is 9.13 Å². The van der Waals surface area contributed by atoms with Crippen molar-refractivity contribution in [1.29, 1.82) is 0 Å². The molecule has 0 aromatic carbocycles. The maximum atomic E-state index is 9.92. The van der Waals surface area contributed by atoms with Crippen molar-refractivity contribution in [2.45, 2.75) is 0 Å². The van der Waals surface area contributed by atoms with Gasteiger partial charge in [-0.05, 0) is 0 Å². The van der Waals surface area contributed by atoms with E-state index in [9.17, 15) is 9.13 Å². The van der Waals surface area contributed by atoms with E-state index in [0.717, 1.165) is 10.2 Å². The molecule has 0 fully saturated rings. The van der Waals surface area contributed by atoms with Gasteiger partial charge in [0.15, 0.2) is 0 Å². The molecule has 9 heteroatoms. The van der Waals surface area contributed by atoms with Gasteiger partial charge in [-0.3, -0.25) is 0 Å². The van der Waals surface area contributed by atoms with Gasteiger partial charge in [-0.25, -0.2) is 0 Å². The fourth-order valence-electron chi connectivity index (χ4n) is 0.188. The van der Waals surface area contributed by atoms with Crippen molar-refractivity contribution in [2.24, 2.45) is 0 Å². The third-order valence-corrected chi connectivity index (χ3v) is 8.59. The van der Waals surface area contributed by atoms with E-state index in [4.69, 9.17) is 0 Å². The molecule has 2 nitrogen and oxygen atoms in total. The van der Waals surface area contributed by atoms with Crippen LogP contribution >= 0.6 is 67.0 Å². The third-order valence-electron chi connectivity index (χ3n) is 0.429. The van der Waals surface area contributed by atoms with E-state index in [2.05, 4.69) is 0 Å². The van der Waals surface area contributed by atoms with E-state index in [1.54, 1.807) is 33.3 Å². The van der Waals surface area contributed by atoms with Crippen molar-refractivity contribution in [2.75, 3.05) is 10.2 Å². The van der Waals surface area contributed by atoms with Gasteiger partial charge in [0, 0.05) is 0 Å². The number of hydrogen-bond acceptors (Lipinski definition) is 5. The van der Waals surface area contributed by atoms with E-state index >= 15 is 0 Å². The Kier molecular flexibility index (Phi) is 14.1. The minimum absolute atomic E-state index is 0.123. The molecule has 64 valence electrons. The summed E-state index contributed by atoms with van der Waals surface area (Å²) in [6.07, 6.45) is 0. The van der Waals surface area contributed by atoms with Crippen molar-refractivity contribution in [1.82, 2.24) is 0 Å². The van der Waals surface area contributed by atoms with Gasteiger partial charge in [0.1, 0.15) is 0 Å². The van der Waals surface area contributed by atoms with Crippen LogP contribution in [-0.4, -0.2) is 10.2 Å². The minimum atomic E-state index is 0.123. The second-order valence-electron chi connectivity index (χ2n) is 0.974. The van der Waals surface area contributed by atoms with Crippen LogP contribution in [0.2, 0.25) is 0 Å². The summed E-state index contributed by atoms with van der Waals surface area (Å²) in [4.78, 5) is 0. The third kappa shape index (κ3) is 12.0. The first kappa shape index (κ1) is 12.9. The van der Waals surface area contributed by atoms with Crippen LogP contribution in [0.15, 0.2) is 0 Å². The molecule has 0 radical (unpaired) electrons. The quantitative estimate of drug-likeness (QED) is 0.320. The molecule has 0 rings (SSSR count). The summed E-state index contributed by atoms with van der Waals surface area (Å²) >= 11 is 1.73. The molecule has 0 atom stereocenters. The van der Waals surface area contributed by atoms with Gasteiger partial charge in [-0.2, -0.15) is 0 Å². The van der Waals surface area contributed by atoms with E-state index in [1.165, 1.54) is 19.5 Å². The normalized spacial score (nSPS) is 8.73. The summed E-state index contributed by atoms with van der Waals surface area (Å²) < 4.78 is 19.8. The summed E-state index contributed by atoms with van der Waals surface area (Å²) in [5, 5.41) is 1.84. The molecular weight excluding hydrogens is 278 g/mol. The molecule has 0 saturated heterocycles. The monoisotopic (exact) mass is 282 g/mol. The fraction of sp³-hybridized carbons (Fsp3) is 1.00. The van der Waals surface area contributed by atoms with Crippen molar-refractivity contribution in [3.63, 3.8) is 0 Å². The van der Waals surface area contributed by atoms with Gasteiger partial charge >= 0.3 is 86.3 Å². The molecule has 0 N–H and O–H groups in total. The van der Waals surface area contributed by atoms with Gasteiger partial charge in [-0.1, -0.05) is 0 Å². The first-order chi connectivity index (χ1) is 5.41. The van der Waals surface area contributed by atoms with E-state index in [0.29, 0.717) is 0 Å². The Hall–Kier alpha value is 1.95. The summed E-state index contributed by atoms with van der Waals surface area (Å²) in [6, 6.07) is 0. The Morgan fingerprint density at radius 3 is 1.73 bits per heavy atom. The molecule has 0 spiro atoms. The molecule has 0 bridgehead atoms. The number of hydrogen-bond donors (Lipinski definition) is 0. The standard InChI is InChI=1S/C2H4O2P2S5/c3-5-10-8-1-7-2-9-11-6-4/h1-2H2. The molecule has 0 unspecified atom stereocenters. The van der Waals surface area contributed by atoms with Gasteiger partial charge in [0.2, 0.25) is 0 Å². The fourth-order valence-corrected chi connectivity index (χ4v) is 7.40. The predicted molar refractivity (Wildman–Crippen MR) is 62.9 cm³/mol. The topological polar surface area (TPSA) is 34.1 Å². The van der Waals surface area contributed by atoms with Crippen LogP contribution in [0.4, 0.5) is 0 Å². The van der Waals surface area contributed by atoms with Crippen LogP contribution in [0, 0.1) is 0 Å². The zero-order valence-corrected chi connectivity index (χ0v) is 11.0. The molecule has 0 aliphatic rings. The maximum absolute atomic E-state index is 9.92. The second-order valence-corrected chi connectivity index (χ2v) is 10.2. The summed E-state index contributed by atoms with van der Waals surface area (Å²) in [5.74, 6) is 0. The Morgan fingerprint density at radius 2 is 1.36 bits per heavy atom. The molecule has 0 heterocycles. The molecule has 11 heavy (non-hydrogen) atoms. The molecule has 0 amide bonds. The van der Waals surface area contributed by atoms with Crippen LogP contribution < -0.4 is 0 Å². The Balaban J connectivity index is 3.10. The van der Waals surface area contributed by atoms with Crippen molar-refractivity contribution >= 4 is 67.0 Å². The zero-order chi connectivity index (χ0) is 8.36. The van der Waals surface area contributed by atoms with Gasteiger partial charge in [0.25, 0.3) is 0 Å². The van der Waals surface area contributed by atoms with E-state index in [1.807, 2.05) is 0 Å². The molecule has 0 aliphatic heterocycles. The van der Waals surface area contributed by atoms with Crippen LogP contribution in [0.3, 0.4) is 0 Å². The van der Waals surface area contributed by atoms with Crippen molar-refractivity contribution in [3.05, 3.63) is 0 Å². The summed E-state index contributed by atoms with van der Waals surface area (Å²) in [5.41, 5.74) is 0. The van der Waals surface area contributed by atoms with E-state index < -0.39 is 0 Å². The first-order valence-corrected chi connectivity index (χ1v) is 10.8. The van der Waals surface area contributed by atoms with Gasteiger partial charge in [0.05, 0.1) is 0 Å². The predicted octanol–water partition coefficient (Wildman–Crippen LogP) is 4.81. The molecular formula is C2H4O2P2S5. The van der Waals surface area contributed by atoms with Crippen LogP contribution in [0.5, 0.6) is 0 Å². The summed E-state index contributed by atoms with van der Waals surface area (Å²) in [7, 11) is 5.98. The van der Waals surface area contributed by atoms with E-state index in [-0.39, 0.29) is 14.1 Å². The van der Waals surface area contributed by atoms with Crippen LogP contribution in [-0.2, 0) is 9.13 Å². The van der Waals surface area contributed by atoms with Crippen LogP contribution in [0.25, 0.3) is 0 Å².